The first-order valence-electron chi connectivity index (χ1n) is 6.51. The van der Waals surface area contributed by atoms with Crippen LogP contribution >= 0.6 is 0 Å². The number of piperidine rings is 1. The van der Waals surface area contributed by atoms with Gasteiger partial charge < -0.3 is 14.4 Å². The Bertz CT molecular complexity index is 308. The van der Waals surface area contributed by atoms with E-state index in [-0.39, 0.29) is 6.09 Å². The van der Waals surface area contributed by atoms with Crippen LogP contribution in [0.2, 0.25) is 0 Å². The number of hydrogen-bond donors (Lipinski definition) is 0. The first-order chi connectivity index (χ1) is 8.61. The van der Waals surface area contributed by atoms with Gasteiger partial charge in [-0.05, 0) is 40.5 Å². The normalized spacial score (nSPS) is 19.6. The quantitative estimate of drug-likeness (QED) is 0.797. The Morgan fingerprint density at radius 1 is 1.32 bits per heavy atom. The van der Waals surface area contributed by atoms with Crippen molar-refractivity contribution in [1.29, 1.82) is 0 Å². The van der Waals surface area contributed by atoms with E-state index < -0.39 is 24.2 Å². The third kappa shape index (κ3) is 5.72. The maximum Gasteiger partial charge on any atom is 0.410 e. The van der Waals surface area contributed by atoms with Crippen molar-refractivity contribution in [3.05, 3.63) is 0 Å². The van der Waals surface area contributed by atoms with E-state index in [1.807, 2.05) is 27.7 Å². The number of rotatable bonds is 3. The molecule has 1 rings (SSSR count). The van der Waals surface area contributed by atoms with Crippen LogP contribution in [0.5, 0.6) is 0 Å². The number of halogens is 2. The van der Waals surface area contributed by atoms with Gasteiger partial charge in [0.15, 0.2) is 0 Å². The molecule has 0 aromatic rings. The molecule has 19 heavy (non-hydrogen) atoms. The number of amides is 1. The lowest BCUT2D eigenvalue weighted by molar-refractivity contribution is -0.105. The molecule has 0 unspecified atom stereocenters. The van der Waals surface area contributed by atoms with E-state index in [4.69, 9.17) is 9.47 Å². The molecular weight excluding hydrogens is 256 g/mol. The number of ether oxygens (including phenoxy) is 2. The Morgan fingerprint density at radius 3 is 2.26 bits per heavy atom. The summed E-state index contributed by atoms with van der Waals surface area (Å²) in [5.41, 5.74) is -1.10. The maximum atomic E-state index is 12.1. The Hall–Kier alpha value is -0.910. The molecule has 0 spiro atoms. The lowest BCUT2D eigenvalue weighted by Gasteiger charge is -2.39. The van der Waals surface area contributed by atoms with Crippen LogP contribution in [0.25, 0.3) is 0 Å². The minimum Gasteiger partial charge on any atom is -0.444 e. The van der Waals surface area contributed by atoms with Crippen LogP contribution in [0.4, 0.5) is 13.6 Å². The molecule has 0 aliphatic carbocycles. The predicted octanol–water partition coefficient (Wildman–Crippen LogP) is 3.06. The molecule has 1 amide bonds. The van der Waals surface area contributed by atoms with Gasteiger partial charge in [-0.1, -0.05) is 0 Å². The molecule has 6 heteroatoms. The second kappa shape index (κ2) is 6.03. The van der Waals surface area contributed by atoms with Gasteiger partial charge in [0, 0.05) is 13.1 Å². The van der Waals surface area contributed by atoms with Crippen LogP contribution in [0.15, 0.2) is 0 Å². The van der Waals surface area contributed by atoms with Gasteiger partial charge in [-0.2, -0.15) is 0 Å². The van der Waals surface area contributed by atoms with Gasteiger partial charge in [-0.15, -0.1) is 0 Å². The molecule has 0 radical (unpaired) electrons. The van der Waals surface area contributed by atoms with E-state index in [1.165, 1.54) is 0 Å². The summed E-state index contributed by atoms with van der Waals surface area (Å²) >= 11 is 0. The molecule has 1 aliphatic heterocycles. The van der Waals surface area contributed by atoms with Crippen molar-refractivity contribution < 1.29 is 23.0 Å². The highest BCUT2D eigenvalue weighted by molar-refractivity contribution is 5.68. The maximum absolute atomic E-state index is 12.1. The van der Waals surface area contributed by atoms with Crippen molar-refractivity contribution in [3.63, 3.8) is 0 Å². The van der Waals surface area contributed by atoms with Crippen molar-refractivity contribution in [1.82, 2.24) is 4.90 Å². The summed E-state index contributed by atoms with van der Waals surface area (Å²) in [5, 5.41) is 0. The zero-order valence-corrected chi connectivity index (χ0v) is 12.0. The summed E-state index contributed by atoms with van der Waals surface area (Å²) in [7, 11) is 0. The molecule has 1 aliphatic rings. The summed E-state index contributed by atoms with van der Waals surface area (Å²) in [6.07, 6.45) is -1.73. The van der Waals surface area contributed by atoms with Crippen molar-refractivity contribution >= 4 is 6.09 Å². The lowest BCUT2D eigenvalue weighted by atomic mass is 9.93. The molecule has 1 fully saturated rings. The Morgan fingerprint density at radius 2 is 1.84 bits per heavy atom. The molecule has 1 saturated heterocycles. The molecule has 0 aromatic heterocycles. The third-order valence-electron chi connectivity index (χ3n) is 3.03. The average Bonchev–Trinajstić information content (AvgIpc) is 2.25. The van der Waals surface area contributed by atoms with Crippen molar-refractivity contribution in [3.8, 4) is 0 Å². The molecule has 0 N–H and O–H groups in total. The Labute approximate surface area is 113 Å². The summed E-state index contributed by atoms with van der Waals surface area (Å²) < 4.78 is 34.8. The van der Waals surface area contributed by atoms with Crippen LogP contribution in [-0.2, 0) is 9.47 Å². The molecule has 4 nitrogen and oxygen atoms in total. The number of nitrogens with zero attached hydrogens (tertiary/aromatic N) is 1. The second-order valence-corrected chi connectivity index (χ2v) is 6.12. The minimum absolute atomic E-state index is 0.358. The SMILES string of the molecule is CC(C)(C)OC(=O)N1CCC(C)(OCC(F)F)CC1. The van der Waals surface area contributed by atoms with Gasteiger partial charge in [-0.3, -0.25) is 0 Å². The van der Waals surface area contributed by atoms with E-state index in [9.17, 15) is 13.6 Å². The monoisotopic (exact) mass is 279 g/mol. The van der Waals surface area contributed by atoms with Gasteiger partial charge in [0.2, 0.25) is 0 Å². The highest BCUT2D eigenvalue weighted by Crippen LogP contribution is 2.27. The van der Waals surface area contributed by atoms with Crippen molar-refractivity contribution in [2.24, 2.45) is 0 Å². The van der Waals surface area contributed by atoms with Gasteiger partial charge in [0.25, 0.3) is 6.43 Å². The zero-order valence-electron chi connectivity index (χ0n) is 12.0. The van der Waals surface area contributed by atoms with Gasteiger partial charge in [0.05, 0.1) is 5.60 Å². The number of hydrogen-bond acceptors (Lipinski definition) is 3. The number of alkyl halides is 2. The lowest BCUT2D eigenvalue weighted by Crippen LogP contribution is -2.48. The fourth-order valence-electron chi connectivity index (χ4n) is 1.90. The number of likely N-dealkylation sites (tertiary alicyclic amines) is 1. The number of carbonyl (C=O) groups is 1. The first-order valence-corrected chi connectivity index (χ1v) is 6.51. The predicted molar refractivity (Wildman–Crippen MR) is 67.4 cm³/mol. The van der Waals surface area contributed by atoms with E-state index >= 15 is 0 Å². The van der Waals surface area contributed by atoms with Crippen LogP contribution < -0.4 is 0 Å². The van der Waals surface area contributed by atoms with Gasteiger partial charge in [0.1, 0.15) is 12.2 Å². The molecule has 1 heterocycles. The van der Waals surface area contributed by atoms with Gasteiger partial charge in [-0.25, -0.2) is 13.6 Å². The summed E-state index contributed by atoms with van der Waals surface area (Å²) in [4.78, 5) is 13.4. The van der Waals surface area contributed by atoms with E-state index in [0.717, 1.165) is 0 Å². The molecule has 0 atom stereocenters. The molecule has 0 bridgehead atoms. The highest BCUT2D eigenvalue weighted by atomic mass is 19.3. The highest BCUT2D eigenvalue weighted by Gasteiger charge is 2.34. The van der Waals surface area contributed by atoms with Crippen LogP contribution in [0.3, 0.4) is 0 Å². The van der Waals surface area contributed by atoms with Crippen LogP contribution in [-0.4, -0.2) is 48.3 Å². The standard InChI is InChI=1S/C13H23F2NO3/c1-12(2,3)19-11(17)16-7-5-13(4,6-8-16)18-9-10(14)15/h10H,5-9H2,1-4H3. The summed E-state index contributed by atoms with van der Waals surface area (Å²) in [6, 6.07) is 0. The largest absolute Gasteiger partial charge is 0.444 e. The molecular formula is C13H23F2NO3. The Balaban J connectivity index is 2.41. The number of carbonyl (C=O) groups excluding carboxylic acids is 1. The molecule has 112 valence electrons. The Kier molecular flexibility index (Phi) is 5.12. The van der Waals surface area contributed by atoms with E-state index in [1.54, 1.807) is 4.90 Å². The smallest absolute Gasteiger partial charge is 0.410 e. The van der Waals surface area contributed by atoms with Gasteiger partial charge >= 0.3 is 6.09 Å². The van der Waals surface area contributed by atoms with Crippen LogP contribution in [0.1, 0.15) is 40.5 Å². The minimum atomic E-state index is -2.46. The zero-order chi connectivity index (χ0) is 14.7. The fourth-order valence-corrected chi connectivity index (χ4v) is 1.90. The third-order valence-corrected chi connectivity index (χ3v) is 3.03. The molecule has 0 aromatic carbocycles. The fraction of sp³-hybridized carbons (Fsp3) is 0.923. The molecule has 0 saturated carbocycles. The van der Waals surface area contributed by atoms with Crippen molar-refractivity contribution in [2.75, 3.05) is 19.7 Å². The van der Waals surface area contributed by atoms with E-state index in [2.05, 4.69) is 0 Å². The van der Waals surface area contributed by atoms with E-state index in [0.29, 0.717) is 25.9 Å². The topological polar surface area (TPSA) is 38.8 Å². The average molecular weight is 279 g/mol. The summed E-state index contributed by atoms with van der Waals surface area (Å²) in [6.45, 7) is 7.62. The first kappa shape index (κ1) is 16.1. The summed E-state index contributed by atoms with van der Waals surface area (Å²) in [5.74, 6) is 0. The second-order valence-electron chi connectivity index (χ2n) is 6.12. The van der Waals surface area contributed by atoms with Crippen LogP contribution in [0, 0.1) is 0 Å². The van der Waals surface area contributed by atoms with Crippen molar-refractivity contribution in [2.45, 2.75) is 58.2 Å².